The maximum absolute atomic E-state index is 12.6. The van der Waals surface area contributed by atoms with E-state index in [9.17, 15) is 4.79 Å². The average molecular weight is 503 g/mol. The summed E-state index contributed by atoms with van der Waals surface area (Å²) in [6, 6.07) is 24.1. The third-order valence-corrected chi connectivity index (χ3v) is 6.38. The first-order chi connectivity index (χ1) is 17.1. The zero-order valence-electron chi connectivity index (χ0n) is 18.3. The molecule has 0 spiro atoms. The number of nitrogens with one attached hydrogen (secondary N) is 1. The van der Waals surface area contributed by atoms with Gasteiger partial charge in [0, 0.05) is 5.56 Å². The Hall–Kier alpha value is -3.88. The number of carbonyl (C=O) groups is 1. The first-order valence-corrected chi connectivity index (χ1v) is 11.9. The quantitative estimate of drug-likeness (QED) is 0.342. The van der Waals surface area contributed by atoms with Crippen molar-refractivity contribution in [2.75, 3.05) is 13.2 Å². The van der Waals surface area contributed by atoms with Crippen LogP contribution in [0, 0.1) is 5.41 Å². The molecule has 0 unspecified atom stereocenters. The lowest BCUT2D eigenvalue weighted by Gasteiger charge is -2.20. The Morgan fingerprint density at radius 2 is 1.66 bits per heavy atom. The van der Waals surface area contributed by atoms with E-state index in [1.807, 2.05) is 54.6 Å². The molecule has 0 aliphatic carbocycles. The molecule has 0 radical (unpaired) electrons. The molecule has 0 saturated carbocycles. The second-order valence-electron chi connectivity index (χ2n) is 7.49. The van der Waals surface area contributed by atoms with Crippen LogP contribution in [0.2, 0.25) is 5.02 Å². The minimum atomic E-state index is -0.463. The summed E-state index contributed by atoms with van der Waals surface area (Å²) in [5.41, 5.74) is 1.83. The van der Waals surface area contributed by atoms with Crippen LogP contribution in [0.25, 0.3) is 6.08 Å². The van der Waals surface area contributed by atoms with Crippen molar-refractivity contribution < 1.29 is 14.3 Å². The Bertz CT molecular complexity index is 1370. The maximum Gasteiger partial charge on any atom is 0.283 e. The number of halogens is 1. The predicted molar refractivity (Wildman–Crippen MR) is 139 cm³/mol. The number of hydrogen-bond acceptors (Lipinski definition) is 6. The number of amides is 1. The number of para-hydroxylation sites is 1. The lowest BCUT2D eigenvalue weighted by molar-refractivity contribution is -0.114. The van der Waals surface area contributed by atoms with Crippen LogP contribution in [0.3, 0.4) is 0 Å². The molecule has 0 aromatic heterocycles. The van der Waals surface area contributed by atoms with Crippen LogP contribution in [0.15, 0.2) is 94.5 Å². The highest BCUT2D eigenvalue weighted by Gasteiger charge is 2.35. The first kappa shape index (κ1) is 22.9. The van der Waals surface area contributed by atoms with E-state index < -0.39 is 5.91 Å². The molecule has 3 aromatic carbocycles. The van der Waals surface area contributed by atoms with Crippen molar-refractivity contribution in [2.45, 2.75) is 0 Å². The van der Waals surface area contributed by atoms with Gasteiger partial charge in [-0.25, -0.2) is 0 Å². The summed E-state index contributed by atoms with van der Waals surface area (Å²) < 4.78 is 11.3. The van der Waals surface area contributed by atoms with Crippen molar-refractivity contribution in [1.29, 1.82) is 5.41 Å². The Morgan fingerprint density at radius 3 is 2.43 bits per heavy atom. The van der Waals surface area contributed by atoms with Crippen LogP contribution in [0.5, 0.6) is 11.5 Å². The fourth-order valence-electron chi connectivity index (χ4n) is 3.39. The van der Waals surface area contributed by atoms with E-state index in [0.29, 0.717) is 39.9 Å². The number of fused-ring (bicyclic) bond motifs is 1. The summed E-state index contributed by atoms with van der Waals surface area (Å²) in [5.74, 6) is 0.806. The summed E-state index contributed by atoms with van der Waals surface area (Å²) in [7, 11) is 0. The van der Waals surface area contributed by atoms with Crippen molar-refractivity contribution >= 4 is 51.4 Å². The predicted octanol–water partition coefficient (Wildman–Crippen LogP) is 5.47. The second kappa shape index (κ2) is 10.2. The van der Waals surface area contributed by atoms with Gasteiger partial charge in [-0.3, -0.25) is 10.2 Å². The smallest absolute Gasteiger partial charge is 0.283 e. The Labute approximate surface area is 211 Å². The second-order valence-corrected chi connectivity index (χ2v) is 8.85. The largest absolute Gasteiger partial charge is 0.490 e. The summed E-state index contributed by atoms with van der Waals surface area (Å²) in [4.78, 5) is 16.8. The molecule has 2 heterocycles. The molecule has 2 aliphatic rings. The number of benzene rings is 3. The molecule has 0 atom stereocenters. The lowest BCUT2D eigenvalue weighted by atomic mass is 10.1. The van der Waals surface area contributed by atoms with E-state index in [-0.39, 0.29) is 11.4 Å². The molecular formula is C26H19ClN4O3S. The fourth-order valence-corrected chi connectivity index (χ4v) is 4.48. The van der Waals surface area contributed by atoms with Crippen LogP contribution in [0.1, 0.15) is 11.1 Å². The lowest BCUT2D eigenvalue weighted by Crippen LogP contribution is -2.35. The standard InChI is InChI=1S/C26H19ClN4O3S/c27-21-8-4-5-9-22(21)34-15-14-33-19-12-10-17(11-13-19)16-20-23(28)31-26(29-24(20)32)35-25(30-31)18-6-2-1-3-7-18/h1-13,16,28H,14-15H2/b20-16-,28-23?. The van der Waals surface area contributed by atoms with Crippen molar-refractivity contribution in [1.82, 2.24) is 5.01 Å². The van der Waals surface area contributed by atoms with Gasteiger partial charge in [-0.1, -0.05) is 66.2 Å². The van der Waals surface area contributed by atoms with Crippen molar-refractivity contribution in [2.24, 2.45) is 10.1 Å². The molecule has 174 valence electrons. The molecule has 0 bridgehead atoms. The van der Waals surface area contributed by atoms with Crippen LogP contribution in [-0.2, 0) is 4.79 Å². The average Bonchev–Trinajstić information content (AvgIpc) is 3.31. The number of carbonyl (C=O) groups excluding carboxylic acids is 1. The number of ether oxygens (including phenoxy) is 2. The number of thioether (sulfide) groups is 1. The third kappa shape index (κ3) is 5.13. The van der Waals surface area contributed by atoms with Crippen LogP contribution >= 0.6 is 23.4 Å². The van der Waals surface area contributed by atoms with E-state index in [4.69, 9.17) is 26.5 Å². The minimum absolute atomic E-state index is 0.00419. The fraction of sp³-hybridized carbons (Fsp3) is 0.0769. The van der Waals surface area contributed by atoms with E-state index in [1.165, 1.54) is 16.8 Å². The number of hydrazone groups is 1. The maximum atomic E-state index is 12.6. The summed E-state index contributed by atoms with van der Waals surface area (Å²) in [6.07, 6.45) is 1.63. The molecule has 0 fully saturated rings. The van der Waals surface area contributed by atoms with Crippen molar-refractivity contribution in [3.05, 3.63) is 101 Å². The Morgan fingerprint density at radius 1 is 0.943 bits per heavy atom. The van der Waals surface area contributed by atoms with Gasteiger partial charge >= 0.3 is 0 Å². The van der Waals surface area contributed by atoms with Crippen LogP contribution in [-0.4, -0.2) is 40.2 Å². The van der Waals surface area contributed by atoms with E-state index in [1.54, 1.807) is 30.3 Å². The molecule has 7 nitrogen and oxygen atoms in total. The van der Waals surface area contributed by atoms with Gasteiger partial charge in [-0.05, 0) is 47.7 Å². The number of rotatable bonds is 7. The molecule has 35 heavy (non-hydrogen) atoms. The van der Waals surface area contributed by atoms with Gasteiger partial charge in [0.25, 0.3) is 5.91 Å². The zero-order chi connectivity index (χ0) is 24.2. The van der Waals surface area contributed by atoms with Gasteiger partial charge in [-0.15, -0.1) is 0 Å². The van der Waals surface area contributed by atoms with Crippen LogP contribution < -0.4 is 9.47 Å². The minimum Gasteiger partial charge on any atom is -0.490 e. The highest BCUT2D eigenvalue weighted by Crippen LogP contribution is 2.31. The number of amidine groups is 2. The molecular weight excluding hydrogens is 484 g/mol. The monoisotopic (exact) mass is 502 g/mol. The van der Waals surface area contributed by atoms with E-state index in [0.717, 1.165) is 11.1 Å². The van der Waals surface area contributed by atoms with Gasteiger partial charge < -0.3 is 9.47 Å². The van der Waals surface area contributed by atoms with Gasteiger partial charge in [-0.2, -0.15) is 15.1 Å². The molecule has 2 aliphatic heterocycles. The molecule has 3 aromatic rings. The first-order valence-electron chi connectivity index (χ1n) is 10.7. The molecule has 1 amide bonds. The van der Waals surface area contributed by atoms with Gasteiger partial charge in [0.1, 0.15) is 29.8 Å². The number of hydrogen-bond donors (Lipinski definition) is 1. The molecule has 9 heteroatoms. The SMILES string of the molecule is N=C1/C(=C/c2ccc(OCCOc3ccccc3Cl)cc2)C(=O)N=C2SC(c3ccccc3)=NN12. The van der Waals surface area contributed by atoms with Crippen LogP contribution in [0.4, 0.5) is 0 Å². The topological polar surface area (TPSA) is 87.3 Å². The van der Waals surface area contributed by atoms with Gasteiger partial charge in [0.15, 0.2) is 5.84 Å². The van der Waals surface area contributed by atoms with E-state index >= 15 is 0 Å². The van der Waals surface area contributed by atoms with Gasteiger partial charge in [0.05, 0.1) is 10.6 Å². The summed E-state index contributed by atoms with van der Waals surface area (Å²) in [6.45, 7) is 0.696. The Kier molecular flexibility index (Phi) is 6.65. The highest BCUT2D eigenvalue weighted by atomic mass is 35.5. The summed E-state index contributed by atoms with van der Waals surface area (Å²) in [5, 5.41) is 16.1. The number of nitrogens with zero attached hydrogens (tertiary/aromatic N) is 3. The molecule has 1 N–H and O–H groups in total. The molecule has 0 saturated heterocycles. The normalized spacial score (nSPS) is 16.1. The third-order valence-electron chi connectivity index (χ3n) is 5.11. The number of aliphatic imine (C=N–C) groups is 1. The van der Waals surface area contributed by atoms with Gasteiger partial charge in [0.2, 0.25) is 5.17 Å². The van der Waals surface area contributed by atoms with Crippen molar-refractivity contribution in [3.8, 4) is 11.5 Å². The summed E-state index contributed by atoms with van der Waals surface area (Å²) >= 11 is 7.35. The van der Waals surface area contributed by atoms with Crippen molar-refractivity contribution in [3.63, 3.8) is 0 Å². The highest BCUT2D eigenvalue weighted by molar-refractivity contribution is 8.27. The zero-order valence-corrected chi connectivity index (χ0v) is 19.9. The molecule has 5 rings (SSSR count). The Balaban J connectivity index is 1.23. The van der Waals surface area contributed by atoms with E-state index in [2.05, 4.69) is 10.1 Å².